The fourth-order valence-corrected chi connectivity index (χ4v) is 1.90. The van der Waals surface area contributed by atoms with Gasteiger partial charge in [-0.15, -0.1) is 0 Å². The van der Waals surface area contributed by atoms with Crippen molar-refractivity contribution >= 4 is 9.84 Å². The molecule has 20 heavy (non-hydrogen) atoms. The van der Waals surface area contributed by atoms with Crippen LogP contribution in [0.25, 0.3) is 0 Å². The Bertz CT molecular complexity index is 526. The zero-order valence-electron chi connectivity index (χ0n) is 10.7. The summed E-state index contributed by atoms with van der Waals surface area (Å²) < 4.78 is 67.4. The molecule has 1 aromatic carbocycles. The molecule has 0 aliphatic rings. The van der Waals surface area contributed by atoms with Gasteiger partial charge in [0.25, 0.3) is 0 Å². The van der Waals surface area contributed by atoms with E-state index in [4.69, 9.17) is 4.74 Å². The highest BCUT2D eigenvalue weighted by Gasteiger charge is 2.28. The maximum atomic E-state index is 12.0. The van der Waals surface area contributed by atoms with Crippen molar-refractivity contribution < 1.29 is 31.1 Å². The molecule has 1 rings (SSSR count). The first-order valence-corrected chi connectivity index (χ1v) is 7.74. The first-order valence-electron chi connectivity index (χ1n) is 5.68. The van der Waals surface area contributed by atoms with Crippen molar-refractivity contribution in [2.75, 3.05) is 25.2 Å². The summed E-state index contributed by atoms with van der Waals surface area (Å²) in [5.41, 5.74) is 0. The van der Waals surface area contributed by atoms with E-state index in [0.29, 0.717) is 6.42 Å². The number of rotatable bonds is 7. The third-order valence-electron chi connectivity index (χ3n) is 2.05. The lowest BCUT2D eigenvalue weighted by Gasteiger charge is -2.10. The minimum absolute atomic E-state index is 0.0166. The van der Waals surface area contributed by atoms with E-state index in [2.05, 4.69) is 10.8 Å². The highest BCUT2D eigenvalue weighted by Crippen LogP contribution is 2.21. The van der Waals surface area contributed by atoms with E-state index in [1.807, 2.05) is 0 Å². The first-order chi connectivity index (χ1) is 9.16. The van der Waals surface area contributed by atoms with Gasteiger partial charge in [-0.25, -0.2) is 8.42 Å². The molecule has 0 fully saturated rings. The van der Waals surface area contributed by atoms with E-state index in [0.717, 1.165) is 6.26 Å². The number of sulfone groups is 1. The lowest BCUT2D eigenvalue weighted by Crippen LogP contribution is -2.19. The maximum absolute atomic E-state index is 12.0. The predicted molar refractivity (Wildman–Crippen MR) is 66.7 cm³/mol. The Morgan fingerprint density at radius 1 is 1.20 bits per heavy atom. The monoisotopic (exact) mass is 311 g/mol. The highest BCUT2D eigenvalue weighted by atomic mass is 32.2. The second-order valence-corrected chi connectivity index (χ2v) is 6.37. The summed E-state index contributed by atoms with van der Waals surface area (Å²) in [6, 6.07) is 6.82. The molecule has 113 valence electrons. The van der Waals surface area contributed by atoms with Crippen LogP contribution in [0.2, 0.25) is 0 Å². The fraction of sp³-hybridized carbons (Fsp3) is 0.500. The van der Waals surface area contributed by atoms with Gasteiger partial charge in [0, 0.05) is 6.26 Å². The summed E-state index contributed by atoms with van der Waals surface area (Å²) in [7, 11) is -3.05. The smallest absolute Gasteiger partial charge is 0.422 e. The van der Waals surface area contributed by atoms with E-state index in [1.54, 1.807) is 0 Å². The SMILES string of the molecule is CS(=O)(=O)CCCOc1[c]c(OCC(F)(F)F)ccc1. The second-order valence-electron chi connectivity index (χ2n) is 4.12. The van der Waals surface area contributed by atoms with Gasteiger partial charge >= 0.3 is 6.18 Å². The van der Waals surface area contributed by atoms with Crippen LogP contribution in [-0.4, -0.2) is 39.8 Å². The van der Waals surface area contributed by atoms with Gasteiger partial charge in [0.15, 0.2) is 6.61 Å². The van der Waals surface area contributed by atoms with Gasteiger partial charge in [0.1, 0.15) is 21.3 Å². The van der Waals surface area contributed by atoms with Crippen molar-refractivity contribution in [1.29, 1.82) is 0 Å². The average Bonchev–Trinajstić information content (AvgIpc) is 2.31. The van der Waals surface area contributed by atoms with E-state index in [1.165, 1.54) is 18.2 Å². The number of halogens is 3. The van der Waals surface area contributed by atoms with Crippen LogP contribution in [0.3, 0.4) is 0 Å². The van der Waals surface area contributed by atoms with Gasteiger partial charge < -0.3 is 9.47 Å². The van der Waals surface area contributed by atoms with Crippen LogP contribution < -0.4 is 9.47 Å². The van der Waals surface area contributed by atoms with Crippen LogP contribution in [0.15, 0.2) is 18.2 Å². The largest absolute Gasteiger partial charge is 0.493 e. The van der Waals surface area contributed by atoms with Crippen molar-refractivity contribution in [2.45, 2.75) is 12.6 Å². The van der Waals surface area contributed by atoms with E-state index in [-0.39, 0.29) is 23.9 Å². The van der Waals surface area contributed by atoms with Gasteiger partial charge in [-0.3, -0.25) is 0 Å². The zero-order valence-corrected chi connectivity index (χ0v) is 11.6. The molecule has 0 atom stereocenters. The topological polar surface area (TPSA) is 52.6 Å². The first kappa shape index (κ1) is 16.6. The Balaban J connectivity index is 2.44. The molecular formula is C12H14F3O4S. The molecule has 0 heterocycles. The Kier molecular flexibility index (Phi) is 5.67. The Labute approximate surface area is 115 Å². The fourth-order valence-electron chi connectivity index (χ4n) is 1.26. The van der Waals surface area contributed by atoms with Gasteiger partial charge in [0.05, 0.1) is 18.4 Å². The molecule has 0 saturated carbocycles. The number of hydrogen-bond donors (Lipinski definition) is 0. The zero-order chi connectivity index (χ0) is 15.2. The molecule has 0 unspecified atom stereocenters. The lowest BCUT2D eigenvalue weighted by atomic mass is 10.3. The summed E-state index contributed by atoms with van der Waals surface area (Å²) in [4.78, 5) is 0. The second kappa shape index (κ2) is 6.83. The number of benzene rings is 1. The Hall–Kier alpha value is -1.44. The molecule has 1 aromatic rings. The number of alkyl halides is 3. The summed E-state index contributed by atoms with van der Waals surface area (Å²) in [5, 5.41) is 0. The quantitative estimate of drug-likeness (QED) is 0.725. The van der Waals surface area contributed by atoms with Crippen molar-refractivity contribution in [1.82, 2.24) is 0 Å². The van der Waals surface area contributed by atoms with Crippen molar-refractivity contribution in [3.8, 4) is 11.5 Å². The third kappa shape index (κ3) is 7.88. The van der Waals surface area contributed by atoms with Crippen LogP contribution >= 0.6 is 0 Å². The molecule has 0 amide bonds. The van der Waals surface area contributed by atoms with Crippen LogP contribution in [-0.2, 0) is 9.84 Å². The van der Waals surface area contributed by atoms with Gasteiger partial charge in [-0.1, -0.05) is 6.07 Å². The molecule has 0 bridgehead atoms. The molecule has 1 radical (unpaired) electrons. The van der Waals surface area contributed by atoms with Gasteiger partial charge in [-0.05, 0) is 18.6 Å². The highest BCUT2D eigenvalue weighted by molar-refractivity contribution is 7.90. The molecule has 0 N–H and O–H groups in total. The molecule has 0 aromatic heterocycles. The molecular weight excluding hydrogens is 297 g/mol. The van der Waals surface area contributed by atoms with Crippen LogP contribution in [0, 0.1) is 6.07 Å². The number of hydrogen-bond acceptors (Lipinski definition) is 4. The minimum Gasteiger partial charge on any atom is -0.493 e. The standard InChI is InChI=1S/C12H14F3O4S/c1-20(16,17)7-3-6-18-10-4-2-5-11(8-10)19-9-12(13,14)15/h2,4-5H,3,6-7,9H2,1H3. The molecule has 4 nitrogen and oxygen atoms in total. The molecule has 0 saturated heterocycles. The average molecular weight is 311 g/mol. The summed E-state index contributed by atoms with van der Waals surface area (Å²) in [6.45, 7) is -1.27. The minimum atomic E-state index is -4.42. The van der Waals surface area contributed by atoms with E-state index < -0.39 is 22.6 Å². The predicted octanol–water partition coefficient (Wildman–Crippen LogP) is 2.24. The van der Waals surface area contributed by atoms with Crippen molar-refractivity contribution in [3.05, 3.63) is 24.3 Å². The molecule has 0 aliphatic heterocycles. The molecule has 8 heteroatoms. The molecule has 0 spiro atoms. The summed E-state index contributed by atoms with van der Waals surface area (Å²) in [5.74, 6) is 0.109. The van der Waals surface area contributed by atoms with E-state index >= 15 is 0 Å². The van der Waals surface area contributed by atoms with Crippen LogP contribution in [0.5, 0.6) is 11.5 Å². The van der Waals surface area contributed by atoms with Crippen molar-refractivity contribution in [3.63, 3.8) is 0 Å². The van der Waals surface area contributed by atoms with Crippen LogP contribution in [0.4, 0.5) is 13.2 Å². The summed E-state index contributed by atoms with van der Waals surface area (Å²) >= 11 is 0. The lowest BCUT2D eigenvalue weighted by molar-refractivity contribution is -0.153. The Morgan fingerprint density at radius 3 is 2.35 bits per heavy atom. The Morgan fingerprint density at radius 2 is 1.80 bits per heavy atom. The number of ether oxygens (including phenoxy) is 2. The molecule has 0 aliphatic carbocycles. The van der Waals surface area contributed by atoms with Gasteiger partial charge in [-0.2, -0.15) is 13.2 Å². The van der Waals surface area contributed by atoms with E-state index in [9.17, 15) is 21.6 Å². The van der Waals surface area contributed by atoms with Crippen LogP contribution in [0.1, 0.15) is 6.42 Å². The maximum Gasteiger partial charge on any atom is 0.422 e. The normalized spacial score (nSPS) is 12.2. The third-order valence-corrected chi connectivity index (χ3v) is 3.08. The van der Waals surface area contributed by atoms with Crippen molar-refractivity contribution in [2.24, 2.45) is 0 Å². The van der Waals surface area contributed by atoms with Gasteiger partial charge in [0.2, 0.25) is 0 Å². The summed E-state index contributed by atoms with van der Waals surface area (Å²) in [6.07, 6.45) is -3.01.